The lowest BCUT2D eigenvalue weighted by Crippen LogP contribution is -2.15. The third-order valence-electron chi connectivity index (χ3n) is 0.621. The summed E-state index contributed by atoms with van der Waals surface area (Å²) in [5.41, 5.74) is 0. The van der Waals surface area contributed by atoms with Crippen molar-refractivity contribution in [3.05, 3.63) is 0 Å². The van der Waals surface area contributed by atoms with Gasteiger partial charge in [-0.15, -0.1) is 0 Å². The minimum absolute atomic E-state index is 0.365. The van der Waals surface area contributed by atoms with Gasteiger partial charge in [0.1, 0.15) is 6.10 Å². The van der Waals surface area contributed by atoms with E-state index in [0.29, 0.717) is 0 Å². The van der Waals surface area contributed by atoms with E-state index >= 15 is 0 Å². The van der Waals surface area contributed by atoms with Gasteiger partial charge >= 0.3 is 20.8 Å². The molecule has 0 saturated heterocycles. The molecule has 0 aromatic heterocycles. The fraction of sp³-hybridized carbons (Fsp3) is 1.00. The molecule has 0 aromatic carbocycles. The van der Waals surface area contributed by atoms with Crippen LogP contribution in [-0.2, 0) is 29.5 Å². The molecular weight excluding hydrogens is 276 g/mol. The lowest BCUT2D eigenvalue weighted by Gasteiger charge is -1.96. The molecule has 0 aromatic rings. The Morgan fingerprint density at radius 3 is 1.19 bits per heavy atom. The van der Waals surface area contributed by atoms with E-state index < -0.39 is 26.9 Å². The second-order valence-electron chi connectivity index (χ2n) is 2.01. The summed E-state index contributed by atoms with van der Waals surface area (Å²) in [5, 5.41) is 24.0. The Balaban J connectivity index is 0. The molecule has 0 bridgehead atoms. The molecule has 0 radical (unpaired) electrons. The summed E-state index contributed by atoms with van der Waals surface area (Å²) in [6.07, 6.45) is -0.954. The number of hydrogen-bond acceptors (Lipinski definition) is 9. The third-order valence-corrected chi connectivity index (χ3v) is 1.19. The zero-order valence-corrected chi connectivity index (χ0v) is 9.13. The van der Waals surface area contributed by atoms with E-state index in [1.807, 2.05) is 0 Å². The van der Waals surface area contributed by atoms with Crippen molar-refractivity contribution in [3.63, 3.8) is 0 Å². The van der Waals surface area contributed by atoms with Crippen LogP contribution in [0.15, 0.2) is 0 Å². The molecule has 0 atom stereocenters. The average Bonchev–Trinajstić information content (AvgIpc) is 2.12. The van der Waals surface area contributed by atoms with Crippen molar-refractivity contribution in [1.82, 2.24) is 0 Å². The number of aliphatic hydroxyl groups excluding tert-OH is 3. The molecule has 0 fully saturated rings. The van der Waals surface area contributed by atoms with Crippen LogP contribution in [0.1, 0.15) is 0 Å². The minimum Gasteiger partial charge on any atom is -0.394 e. The molecule has 13 heteroatoms. The molecule has 0 heterocycles. The van der Waals surface area contributed by atoms with E-state index in [4.69, 9.17) is 24.4 Å². The van der Waals surface area contributed by atoms with Crippen molar-refractivity contribution in [2.75, 3.05) is 13.2 Å². The fourth-order valence-electron chi connectivity index (χ4n) is 0.128. The van der Waals surface area contributed by atoms with Crippen LogP contribution in [0.4, 0.5) is 0 Å². The molecule has 0 aliphatic heterocycles. The number of aliphatic hydroxyl groups is 3. The van der Waals surface area contributed by atoms with Gasteiger partial charge in [0.05, 0.1) is 13.2 Å². The maximum Gasteiger partial charge on any atom is 0.425 e. The van der Waals surface area contributed by atoms with Crippen LogP contribution in [-0.4, -0.2) is 60.6 Å². The SMILES string of the molecule is O=S(=O)(O)OOS(=O)(=O)O.OCC(O)CO. The van der Waals surface area contributed by atoms with Crippen LogP contribution in [0.25, 0.3) is 0 Å². The van der Waals surface area contributed by atoms with Crippen LogP contribution >= 0.6 is 0 Å². The quantitative estimate of drug-likeness (QED) is 0.195. The standard InChI is InChI=1S/C3H8O3.H2O8S2/c4-1-3(6)2-5;1-9(2,3)7-8-10(4,5)6/h3-6H,1-2H2;(H,1,2,3)(H,4,5,6). The lowest BCUT2D eigenvalue weighted by molar-refractivity contribution is -0.105. The molecule has 0 aliphatic carbocycles. The first-order valence-corrected chi connectivity index (χ1v) is 5.97. The zero-order valence-electron chi connectivity index (χ0n) is 7.49. The fourth-order valence-corrected chi connectivity index (χ4v) is 0.690. The molecule has 11 nitrogen and oxygen atoms in total. The predicted molar refractivity (Wildman–Crippen MR) is 45.4 cm³/mol. The third kappa shape index (κ3) is 19.2. The summed E-state index contributed by atoms with van der Waals surface area (Å²) < 4.78 is 58.9. The maximum atomic E-state index is 9.51. The van der Waals surface area contributed by atoms with E-state index in [-0.39, 0.29) is 13.2 Å². The lowest BCUT2D eigenvalue weighted by atomic mass is 10.4. The van der Waals surface area contributed by atoms with Crippen LogP contribution in [0.3, 0.4) is 0 Å². The molecule has 16 heavy (non-hydrogen) atoms. The van der Waals surface area contributed by atoms with Crippen LogP contribution in [0, 0.1) is 0 Å². The van der Waals surface area contributed by atoms with Gasteiger partial charge in [-0.1, -0.05) is 8.67 Å². The summed E-state index contributed by atoms with van der Waals surface area (Å²) in [6.45, 7) is -0.729. The maximum absolute atomic E-state index is 9.51. The van der Waals surface area contributed by atoms with E-state index in [1.165, 1.54) is 0 Å². The Kier molecular flexibility index (Phi) is 8.80. The Labute approximate surface area is 90.7 Å². The van der Waals surface area contributed by atoms with Crippen molar-refractivity contribution in [2.45, 2.75) is 6.10 Å². The van der Waals surface area contributed by atoms with Crippen molar-refractivity contribution < 1.29 is 49.9 Å². The number of rotatable bonds is 5. The van der Waals surface area contributed by atoms with Crippen molar-refractivity contribution in [2.24, 2.45) is 0 Å². The first kappa shape index (κ1) is 18.0. The molecule has 0 rings (SSSR count). The highest BCUT2D eigenvalue weighted by atomic mass is 32.3. The van der Waals surface area contributed by atoms with Crippen LogP contribution in [0.2, 0.25) is 0 Å². The Bertz CT molecular complexity index is 317. The Morgan fingerprint density at radius 2 is 1.12 bits per heavy atom. The minimum atomic E-state index is -5.02. The Hall–Kier alpha value is -0.380. The summed E-state index contributed by atoms with van der Waals surface area (Å²) in [7, 11) is -10.0. The second-order valence-corrected chi connectivity index (χ2v) is 3.99. The van der Waals surface area contributed by atoms with Crippen molar-refractivity contribution in [1.29, 1.82) is 0 Å². The summed E-state index contributed by atoms with van der Waals surface area (Å²) in [6, 6.07) is 0. The second kappa shape index (κ2) is 7.82. The monoisotopic (exact) mass is 286 g/mol. The topological polar surface area (TPSA) is 188 Å². The first-order valence-electron chi connectivity index (χ1n) is 3.24. The summed E-state index contributed by atoms with van der Waals surface area (Å²) >= 11 is 0. The van der Waals surface area contributed by atoms with E-state index in [0.717, 1.165) is 0 Å². The van der Waals surface area contributed by atoms with Gasteiger partial charge in [0, 0.05) is 0 Å². The molecule has 0 saturated carbocycles. The molecule has 0 aliphatic rings. The summed E-state index contributed by atoms with van der Waals surface area (Å²) in [5.74, 6) is 0. The molecule has 0 spiro atoms. The summed E-state index contributed by atoms with van der Waals surface area (Å²) in [4.78, 5) is 0. The normalized spacial score (nSPS) is 12.1. The highest BCUT2D eigenvalue weighted by Crippen LogP contribution is 1.92. The molecule has 0 amide bonds. The van der Waals surface area contributed by atoms with Gasteiger partial charge in [0.15, 0.2) is 0 Å². The highest BCUT2D eigenvalue weighted by Gasteiger charge is 2.13. The van der Waals surface area contributed by atoms with Gasteiger partial charge in [-0.05, 0) is 0 Å². The largest absolute Gasteiger partial charge is 0.425 e. The molecule has 100 valence electrons. The van der Waals surface area contributed by atoms with Crippen molar-refractivity contribution >= 4 is 20.8 Å². The van der Waals surface area contributed by atoms with Gasteiger partial charge in [-0.2, -0.15) is 16.8 Å². The predicted octanol–water partition coefficient (Wildman–Crippen LogP) is -3.13. The zero-order chi connectivity index (χ0) is 13.4. The molecular formula is C3H10O11S2. The van der Waals surface area contributed by atoms with Gasteiger partial charge in [-0.3, -0.25) is 9.11 Å². The van der Waals surface area contributed by atoms with Gasteiger partial charge in [-0.25, -0.2) is 0 Å². The number of hydrogen-bond donors (Lipinski definition) is 5. The van der Waals surface area contributed by atoms with Crippen LogP contribution < -0.4 is 0 Å². The van der Waals surface area contributed by atoms with Crippen LogP contribution in [0.5, 0.6) is 0 Å². The average molecular weight is 286 g/mol. The van der Waals surface area contributed by atoms with E-state index in [1.54, 1.807) is 0 Å². The van der Waals surface area contributed by atoms with E-state index in [9.17, 15) is 16.8 Å². The van der Waals surface area contributed by atoms with E-state index in [2.05, 4.69) is 8.67 Å². The first-order chi connectivity index (χ1) is 7.02. The highest BCUT2D eigenvalue weighted by molar-refractivity contribution is 7.83. The molecule has 0 unspecified atom stereocenters. The molecule has 5 N–H and O–H groups in total. The Morgan fingerprint density at radius 1 is 0.875 bits per heavy atom. The van der Waals surface area contributed by atoms with Crippen molar-refractivity contribution in [3.8, 4) is 0 Å². The van der Waals surface area contributed by atoms with Gasteiger partial charge < -0.3 is 15.3 Å². The van der Waals surface area contributed by atoms with Gasteiger partial charge in [0.2, 0.25) is 0 Å². The smallest absolute Gasteiger partial charge is 0.394 e. The van der Waals surface area contributed by atoms with Gasteiger partial charge in [0.25, 0.3) is 0 Å².